The first-order chi connectivity index (χ1) is 15.6. The van der Waals surface area contributed by atoms with E-state index in [4.69, 9.17) is 9.47 Å². The van der Waals surface area contributed by atoms with Crippen molar-refractivity contribution in [3.8, 4) is 5.75 Å². The first-order valence-corrected chi connectivity index (χ1v) is 12.2. The van der Waals surface area contributed by atoms with Crippen molar-refractivity contribution in [3.05, 3.63) is 28.3 Å². The Balaban J connectivity index is 1.58. The van der Waals surface area contributed by atoms with Crippen molar-refractivity contribution in [2.75, 3.05) is 66.1 Å². The molecule has 12 nitrogen and oxygen atoms in total. The summed E-state index contributed by atoms with van der Waals surface area (Å²) >= 11 is 0. The third-order valence-corrected chi connectivity index (χ3v) is 7.94. The van der Waals surface area contributed by atoms with Crippen molar-refractivity contribution in [2.24, 2.45) is 0 Å². The summed E-state index contributed by atoms with van der Waals surface area (Å²) in [5.74, 6) is -0.0135. The van der Waals surface area contributed by atoms with Gasteiger partial charge in [-0.1, -0.05) is 0 Å². The van der Waals surface area contributed by atoms with Gasteiger partial charge in [0.2, 0.25) is 10.0 Å². The van der Waals surface area contributed by atoms with Crippen molar-refractivity contribution < 1.29 is 27.6 Å². The number of urea groups is 1. The van der Waals surface area contributed by atoms with E-state index >= 15 is 0 Å². The number of ether oxygens (including phenoxy) is 2. The Morgan fingerprint density at radius 2 is 1.82 bits per heavy atom. The highest BCUT2D eigenvalue weighted by atomic mass is 32.2. The van der Waals surface area contributed by atoms with E-state index in [9.17, 15) is 23.3 Å². The summed E-state index contributed by atoms with van der Waals surface area (Å²) in [5, 5.41) is 14.2. The first-order valence-electron chi connectivity index (χ1n) is 10.7. The van der Waals surface area contributed by atoms with Gasteiger partial charge in [0.25, 0.3) is 0 Å². The third kappa shape index (κ3) is 5.72. The molecule has 1 N–H and O–H groups in total. The zero-order valence-electron chi connectivity index (χ0n) is 19.2. The predicted molar refractivity (Wildman–Crippen MR) is 120 cm³/mol. The monoisotopic (exact) mass is 485 g/mol. The smallest absolute Gasteiger partial charge is 0.317 e. The van der Waals surface area contributed by atoms with Gasteiger partial charge in [0, 0.05) is 57.4 Å². The van der Waals surface area contributed by atoms with Crippen molar-refractivity contribution in [1.29, 1.82) is 0 Å². The number of hydrogen-bond donors (Lipinski definition) is 1. The molecule has 2 saturated heterocycles. The van der Waals surface area contributed by atoms with Gasteiger partial charge in [-0.3, -0.25) is 15.0 Å². The van der Waals surface area contributed by atoms with Crippen LogP contribution in [0.2, 0.25) is 0 Å². The van der Waals surface area contributed by atoms with Crippen LogP contribution in [0.15, 0.2) is 23.1 Å². The molecule has 0 aliphatic carbocycles. The van der Waals surface area contributed by atoms with Gasteiger partial charge in [0.15, 0.2) is 5.75 Å². The van der Waals surface area contributed by atoms with Crippen LogP contribution >= 0.6 is 0 Å². The standard InChI is InChI=1S/C20H31N5O7S/c1-20(2,23-10-12-32-13-11-23)15-21-19(26)22-6-8-24(9-7-22)33(29,30)16-4-5-18(31-3)17(14-16)25(27)28/h4-5,14H,6-13,15H2,1-3H3,(H,21,26). The minimum absolute atomic E-state index is 0.0135. The number of methoxy groups -OCH3 is 1. The second-order valence-electron chi connectivity index (χ2n) is 8.55. The molecule has 3 rings (SSSR count). The molecular weight excluding hydrogens is 454 g/mol. The Kier molecular flexibility index (Phi) is 7.77. The number of nitro benzene ring substituents is 1. The van der Waals surface area contributed by atoms with E-state index in [-0.39, 0.29) is 48.4 Å². The zero-order valence-corrected chi connectivity index (χ0v) is 20.0. The van der Waals surface area contributed by atoms with Crippen molar-refractivity contribution in [1.82, 2.24) is 19.4 Å². The lowest BCUT2D eigenvalue weighted by Crippen LogP contribution is -2.58. The SMILES string of the molecule is COc1ccc(S(=O)(=O)N2CCN(C(=O)NCC(C)(C)N3CCOCC3)CC2)cc1[N+](=O)[O-]. The van der Waals surface area contributed by atoms with Gasteiger partial charge in [-0.2, -0.15) is 4.31 Å². The van der Waals surface area contributed by atoms with E-state index in [1.54, 1.807) is 4.90 Å². The number of rotatable bonds is 7. The predicted octanol–water partition coefficient (Wildman–Crippen LogP) is 0.730. The highest BCUT2D eigenvalue weighted by Crippen LogP contribution is 2.30. The van der Waals surface area contributed by atoms with Crippen LogP contribution in [0, 0.1) is 10.1 Å². The van der Waals surface area contributed by atoms with Gasteiger partial charge in [0.05, 0.1) is 30.1 Å². The van der Waals surface area contributed by atoms with Gasteiger partial charge < -0.3 is 19.7 Å². The maximum Gasteiger partial charge on any atom is 0.317 e. The molecule has 0 atom stereocenters. The van der Waals surface area contributed by atoms with Crippen LogP contribution in [0.1, 0.15) is 13.8 Å². The summed E-state index contributed by atoms with van der Waals surface area (Å²) < 4.78 is 37.6. The molecule has 0 saturated carbocycles. The molecule has 0 spiro atoms. The lowest BCUT2D eigenvalue weighted by molar-refractivity contribution is -0.386. The van der Waals surface area contributed by atoms with Gasteiger partial charge in [-0.15, -0.1) is 0 Å². The van der Waals surface area contributed by atoms with Gasteiger partial charge >= 0.3 is 11.7 Å². The number of nitrogens with zero attached hydrogens (tertiary/aromatic N) is 4. The number of benzene rings is 1. The molecule has 2 fully saturated rings. The van der Waals surface area contributed by atoms with Crippen LogP contribution in [0.4, 0.5) is 10.5 Å². The number of amides is 2. The van der Waals surface area contributed by atoms with E-state index in [2.05, 4.69) is 24.1 Å². The number of carbonyl (C=O) groups excluding carboxylic acids is 1. The fourth-order valence-electron chi connectivity index (χ4n) is 3.94. The van der Waals surface area contributed by atoms with Gasteiger partial charge in [-0.25, -0.2) is 13.2 Å². The Labute approximate surface area is 193 Å². The van der Waals surface area contributed by atoms with E-state index in [1.165, 1.54) is 23.5 Å². The molecular formula is C20H31N5O7S. The van der Waals surface area contributed by atoms with E-state index < -0.39 is 20.6 Å². The largest absolute Gasteiger partial charge is 0.490 e. The molecule has 2 heterocycles. The molecule has 0 unspecified atom stereocenters. The second-order valence-corrected chi connectivity index (χ2v) is 10.5. The van der Waals surface area contributed by atoms with Gasteiger partial charge in [0.1, 0.15) is 0 Å². The molecule has 0 bridgehead atoms. The highest BCUT2D eigenvalue weighted by Gasteiger charge is 2.33. The number of nitro groups is 1. The Bertz CT molecular complexity index is 971. The minimum Gasteiger partial charge on any atom is -0.490 e. The fourth-order valence-corrected chi connectivity index (χ4v) is 5.38. The molecule has 184 valence electrons. The molecule has 0 radical (unpaired) electrons. The van der Waals surface area contributed by atoms with E-state index in [0.29, 0.717) is 19.8 Å². The Hall–Kier alpha value is -2.48. The fraction of sp³-hybridized carbons (Fsp3) is 0.650. The van der Waals surface area contributed by atoms with Crippen LogP contribution in [-0.4, -0.2) is 105 Å². The summed E-state index contributed by atoms with van der Waals surface area (Å²) in [7, 11) is -2.67. The number of sulfonamides is 1. The summed E-state index contributed by atoms with van der Waals surface area (Å²) in [6, 6.07) is 3.31. The van der Waals surface area contributed by atoms with E-state index in [0.717, 1.165) is 19.2 Å². The normalized spacial score (nSPS) is 18.7. The van der Waals surface area contributed by atoms with Gasteiger partial charge in [-0.05, 0) is 26.0 Å². The summed E-state index contributed by atoms with van der Waals surface area (Å²) in [6.07, 6.45) is 0. The average molecular weight is 486 g/mol. The molecule has 2 aliphatic rings. The maximum atomic E-state index is 13.0. The number of hydrogen-bond acceptors (Lipinski definition) is 8. The summed E-state index contributed by atoms with van der Waals surface area (Å²) in [6.45, 7) is 8.20. The quantitative estimate of drug-likeness (QED) is 0.441. The summed E-state index contributed by atoms with van der Waals surface area (Å²) in [4.78, 5) is 26.9. The Morgan fingerprint density at radius 3 is 2.39 bits per heavy atom. The van der Waals surface area contributed by atoms with Crippen LogP contribution < -0.4 is 10.1 Å². The van der Waals surface area contributed by atoms with Crippen LogP contribution in [0.25, 0.3) is 0 Å². The number of carbonyl (C=O) groups is 1. The molecule has 2 amide bonds. The van der Waals surface area contributed by atoms with E-state index in [1.807, 2.05) is 0 Å². The van der Waals surface area contributed by atoms with Crippen LogP contribution in [-0.2, 0) is 14.8 Å². The third-order valence-electron chi connectivity index (χ3n) is 6.05. The van der Waals surface area contributed by atoms with Crippen molar-refractivity contribution in [2.45, 2.75) is 24.3 Å². The lowest BCUT2D eigenvalue weighted by atomic mass is 10.0. The average Bonchev–Trinajstić information content (AvgIpc) is 2.82. The molecule has 2 aliphatic heterocycles. The molecule has 1 aromatic carbocycles. The second kappa shape index (κ2) is 10.2. The molecule has 13 heteroatoms. The number of nitrogens with one attached hydrogen (secondary N) is 1. The maximum absolute atomic E-state index is 13.0. The summed E-state index contributed by atoms with van der Waals surface area (Å²) in [5.41, 5.74) is -0.646. The molecule has 0 aromatic heterocycles. The Morgan fingerprint density at radius 1 is 1.18 bits per heavy atom. The lowest BCUT2D eigenvalue weighted by Gasteiger charge is -2.41. The zero-order chi connectivity index (χ0) is 24.2. The van der Waals surface area contributed by atoms with Crippen LogP contribution in [0.5, 0.6) is 5.75 Å². The van der Waals surface area contributed by atoms with Crippen LogP contribution in [0.3, 0.4) is 0 Å². The molecule has 1 aromatic rings. The number of morpholine rings is 1. The van der Waals surface area contributed by atoms with Crippen molar-refractivity contribution >= 4 is 21.7 Å². The topological polar surface area (TPSA) is 135 Å². The highest BCUT2D eigenvalue weighted by molar-refractivity contribution is 7.89. The minimum atomic E-state index is -3.95. The molecule has 33 heavy (non-hydrogen) atoms. The first kappa shape index (κ1) is 25.1. The van der Waals surface area contributed by atoms with Crippen molar-refractivity contribution in [3.63, 3.8) is 0 Å². The number of piperazine rings is 1.